The van der Waals surface area contributed by atoms with Gasteiger partial charge >= 0.3 is 0 Å². The van der Waals surface area contributed by atoms with Crippen LogP contribution in [0.4, 0.5) is 4.39 Å². The molecule has 0 saturated heterocycles. The monoisotopic (exact) mass is 549 g/mol. The van der Waals surface area contributed by atoms with Gasteiger partial charge in [0.15, 0.2) is 0 Å². The van der Waals surface area contributed by atoms with Crippen LogP contribution in [0.25, 0.3) is 10.9 Å². The number of fused-ring (bicyclic) bond motifs is 4. The highest BCUT2D eigenvalue weighted by Crippen LogP contribution is 2.54. The number of amides is 1. The maximum absolute atomic E-state index is 14.3. The van der Waals surface area contributed by atoms with Crippen LogP contribution in [0.15, 0.2) is 66.7 Å². The van der Waals surface area contributed by atoms with E-state index in [-0.39, 0.29) is 17.3 Å². The van der Waals surface area contributed by atoms with Crippen molar-refractivity contribution in [3.8, 4) is 0 Å². The first-order chi connectivity index (χ1) is 18.2. The summed E-state index contributed by atoms with van der Waals surface area (Å²) in [5.74, 6) is -0.312. The number of benzene rings is 3. The van der Waals surface area contributed by atoms with Crippen molar-refractivity contribution < 1.29 is 9.18 Å². The third-order valence-corrected chi connectivity index (χ3v) is 9.46. The van der Waals surface area contributed by atoms with Gasteiger partial charge in [0.1, 0.15) is 5.82 Å². The van der Waals surface area contributed by atoms with Crippen molar-refractivity contribution in [1.82, 2.24) is 14.8 Å². The average Bonchev–Trinajstić information content (AvgIpc) is 3.29. The smallest absolute Gasteiger partial charge is 0.256 e. The number of nitrogens with one attached hydrogen (secondary N) is 1. The zero-order chi connectivity index (χ0) is 26.7. The van der Waals surface area contributed by atoms with Crippen LogP contribution < -0.4 is 0 Å². The summed E-state index contributed by atoms with van der Waals surface area (Å²) < 4.78 is 14.3. The van der Waals surface area contributed by atoms with E-state index in [0.717, 1.165) is 48.9 Å². The Kier molecular flexibility index (Phi) is 6.29. The minimum atomic E-state index is -0.528. The van der Waals surface area contributed by atoms with Gasteiger partial charge in [0, 0.05) is 33.7 Å². The Morgan fingerprint density at radius 3 is 2.45 bits per heavy atom. The van der Waals surface area contributed by atoms with Gasteiger partial charge in [0.25, 0.3) is 5.91 Å². The Labute approximate surface area is 232 Å². The Bertz CT molecular complexity index is 1540. The predicted molar refractivity (Wildman–Crippen MR) is 151 cm³/mol. The summed E-state index contributed by atoms with van der Waals surface area (Å²) in [6.07, 6.45) is 3.78. The first-order valence-corrected chi connectivity index (χ1v) is 13.8. The van der Waals surface area contributed by atoms with Crippen LogP contribution in [-0.2, 0) is 17.5 Å². The topological polar surface area (TPSA) is 39.3 Å². The quantitative estimate of drug-likeness (QED) is 0.286. The molecule has 7 heteroatoms. The highest BCUT2D eigenvalue weighted by molar-refractivity contribution is 6.36. The zero-order valence-electron chi connectivity index (χ0n) is 21.5. The summed E-state index contributed by atoms with van der Waals surface area (Å²) in [5, 5.41) is 2.08. The highest BCUT2D eigenvalue weighted by atomic mass is 35.5. The molecule has 0 atom stereocenters. The van der Waals surface area contributed by atoms with E-state index >= 15 is 0 Å². The molecule has 6 rings (SSSR count). The summed E-state index contributed by atoms with van der Waals surface area (Å²) in [7, 11) is 4.13. The number of para-hydroxylation sites is 1. The molecule has 1 spiro atoms. The fourth-order valence-corrected chi connectivity index (χ4v) is 7.39. The third kappa shape index (κ3) is 3.86. The van der Waals surface area contributed by atoms with Crippen LogP contribution in [0, 0.1) is 5.82 Å². The summed E-state index contributed by atoms with van der Waals surface area (Å²) in [6.45, 7) is 0.599. The second kappa shape index (κ2) is 9.41. The minimum Gasteiger partial charge on any atom is -0.356 e. The molecule has 2 heterocycles. The molecule has 1 N–H and O–H groups in total. The standard InChI is InChI=1S/C31H30Cl2FN3O/c1-36(2)30(20-6-5-7-22(34)18-20)13-15-31(16-14-30)28-24(23-8-3-4-9-27(23)35-28)12-17-37(31)29(38)25-11-10-21(32)19-26(25)33/h3-11,18-19,35H,12-17H2,1-2H3. The third-order valence-electron chi connectivity index (χ3n) is 8.91. The van der Waals surface area contributed by atoms with E-state index < -0.39 is 5.54 Å². The molecule has 1 aliphatic carbocycles. The molecular weight excluding hydrogens is 520 g/mol. The first-order valence-electron chi connectivity index (χ1n) is 13.1. The molecule has 1 saturated carbocycles. The molecule has 4 aromatic rings. The van der Waals surface area contributed by atoms with Gasteiger partial charge in [-0.25, -0.2) is 4.39 Å². The van der Waals surface area contributed by atoms with Crippen molar-refractivity contribution in [1.29, 1.82) is 0 Å². The Morgan fingerprint density at radius 2 is 1.74 bits per heavy atom. The van der Waals surface area contributed by atoms with Crippen LogP contribution in [0.3, 0.4) is 0 Å². The number of aromatic amines is 1. The van der Waals surface area contributed by atoms with Crippen molar-refractivity contribution in [2.45, 2.75) is 43.2 Å². The second-order valence-corrected chi connectivity index (χ2v) is 11.7. The van der Waals surface area contributed by atoms with Crippen molar-refractivity contribution in [2.24, 2.45) is 0 Å². The molecule has 1 fully saturated rings. The summed E-state index contributed by atoms with van der Waals surface area (Å²) in [5.41, 5.74) is 4.08. The van der Waals surface area contributed by atoms with Crippen LogP contribution >= 0.6 is 23.2 Å². The van der Waals surface area contributed by atoms with Crippen LogP contribution in [0.1, 0.15) is 52.9 Å². The molecule has 1 amide bonds. The van der Waals surface area contributed by atoms with E-state index in [1.54, 1.807) is 30.3 Å². The largest absolute Gasteiger partial charge is 0.356 e. The predicted octanol–water partition coefficient (Wildman–Crippen LogP) is 7.54. The Balaban J connectivity index is 1.47. The number of aromatic nitrogens is 1. The van der Waals surface area contributed by atoms with E-state index in [1.165, 1.54) is 17.0 Å². The van der Waals surface area contributed by atoms with Gasteiger partial charge in [-0.3, -0.25) is 9.69 Å². The van der Waals surface area contributed by atoms with Crippen molar-refractivity contribution in [3.63, 3.8) is 0 Å². The van der Waals surface area contributed by atoms with E-state index in [0.29, 0.717) is 22.2 Å². The van der Waals surface area contributed by atoms with E-state index in [9.17, 15) is 9.18 Å². The Morgan fingerprint density at radius 1 is 0.974 bits per heavy atom. The summed E-state index contributed by atoms with van der Waals surface area (Å²) >= 11 is 12.7. The number of H-pyrrole nitrogens is 1. The zero-order valence-corrected chi connectivity index (χ0v) is 23.0. The fraction of sp³-hybridized carbons (Fsp3) is 0.323. The van der Waals surface area contributed by atoms with E-state index in [4.69, 9.17) is 23.2 Å². The maximum atomic E-state index is 14.3. The molecule has 3 aromatic carbocycles. The van der Waals surface area contributed by atoms with Gasteiger partial charge in [0.05, 0.1) is 16.1 Å². The molecule has 0 bridgehead atoms. The number of carbonyl (C=O) groups is 1. The lowest BCUT2D eigenvalue weighted by molar-refractivity contribution is -0.0142. The molecular formula is C31H30Cl2FN3O. The lowest BCUT2D eigenvalue weighted by Crippen LogP contribution is -2.58. The number of nitrogens with zero attached hydrogens (tertiary/aromatic N) is 2. The molecule has 196 valence electrons. The van der Waals surface area contributed by atoms with Gasteiger partial charge in [-0.15, -0.1) is 0 Å². The molecule has 2 aliphatic rings. The molecule has 1 aliphatic heterocycles. The summed E-state index contributed by atoms with van der Waals surface area (Å²) in [6, 6.07) is 20.4. The minimum absolute atomic E-state index is 0.0842. The lowest BCUT2D eigenvalue weighted by atomic mass is 9.65. The number of rotatable bonds is 3. The molecule has 38 heavy (non-hydrogen) atoms. The van der Waals surface area contributed by atoms with Crippen LogP contribution in [-0.4, -0.2) is 41.3 Å². The SMILES string of the molecule is CN(C)C1(c2cccc(F)c2)CCC2(CC1)c1[nH]c3ccccc3c1CCN2C(=O)c1ccc(Cl)cc1Cl. The molecule has 4 nitrogen and oxygen atoms in total. The normalized spacial score (nSPS) is 23.3. The number of hydrogen-bond donors (Lipinski definition) is 1. The van der Waals surface area contributed by atoms with Gasteiger partial charge in [-0.1, -0.05) is 53.5 Å². The fourth-order valence-electron chi connectivity index (χ4n) is 6.90. The van der Waals surface area contributed by atoms with Crippen LogP contribution in [0.2, 0.25) is 10.0 Å². The van der Waals surface area contributed by atoms with Crippen molar-refractivity contribution >= 4 is 40.0 Å². The highest BCUT2D eigenvalue weighted by Gasteiger charge is 2.53. The van der Waals surface area contributed by atoms with E-state index in [2.05, 4.69) is 42.2 Å². The lowest BCUT2D eigenvalue weighted by Gasteiger charge is -2.55. The second-order valence-electron chi connectivity index (χ2n) is 10.8. The first kappa shape index (κ1) is 25.4. The maximum Gasteiger partial charge on any atom is 0.256 e. The van der Waals surface area contributed by atoms with Crippen molar-refractivity contribution in [2.75, 3.05) is 20.6 Å². The summed E-state index contributed by atoms with van der Waals surface area (Å²) in [4.78, 5) is 22.1. The van der Waals surface area contributed by atoms with Crippen molar-refractivity contribution in [3.05, 3.63) is 105 Å². The molecule has 0 unspecified atom stereocenters. The number of hydrogen-bond acceptors (Lipinski definition) is 2. The van der Waals surface area contributed by atoms with Gasteiger partial charge in [0.2, 0.25) is 0 Å². The number of halogens is 3. The Hall–Kier alpha value is -2.86. The number of carbonyl (C=O) groups excluding carboxylic acids is 1. The molecule has 1 aromatic heterocycles. The van der Waals surface area contributed by atoms with E-state index in [1.807, 2.05) is 17.0 Å². The average molecular weight is 551 g/mol. The molecule has 0 radical (unpaired) electrons. The van der Waals surface area contributed by atoms with Gasteiger partial charge in [-0.05, 0) is 93.7 Å². The van der Waals surface area contributed by atoms with Gasteiger partial charge in [-0.2, -0.15) is 0 Å². The van der Waals surface area contributed by atoms with Gasteiger partial charge < -0.3 is 9.88 Å². The van der Waals surface area contributed by atoms with Crippen LogP contribution in [0.5, 0.6) is 0 Å².